The van der Waals surface area contributed by atoms with Crippen molar-refractivity contribution in [2.75, 3.05) is 19.0 Å². The van der Waals surface area contributed by atoms with Crippen molar-refractivity contribution in [1.29, 1.82) is 0 Å². The number of methoxy groups -OCH3 is 1. The fourth-order valence-electron chi connectivity index (χ4n) is 1.80. The van der Waals surface area contributed by atoms with Crippen LogP contribution in [0.4, 0.5) is 5.82 Å². The van der Waals surface area contributed by atoms with E-state index in [1.807, 2.05) is 0 Å². The minimum atomic E-state index is 0.0915. The second-order valence-electron chi connectivity index (χ2n) is 4.11. The number of amides is 1. The van der Waals surface area contributed by atoms with Crippen molar-refractivity contribution in [3.05, 3.63) is 17.0 Å². The fraction of sp³-hybridized carbons (Fsp3) is 0.545. The van der Waals surface area contributed by atoms with Gasteiger partial charge in [0.2, 0.25) is 5.91 Å². The monoisotopic (exact) mass is 270 g/mol. The SMILES string of the molecule is COCc1nc(Cl)cc(NC2CCC(=O)NC2)n1. The van der Waals surface area contributed by atoms with Gasteiger partial charge >= 0.3 is 0 Å². The molecule has 2 N–H and O–H groups in total. The Bertz CT molecular complexity index is 431. The number of ether oxygens (including phenoxy) is 1. The normalized spacial score (nSPS) is 19.4. The molecular weight excluding hydrogens is 256 g/mol. The lowest BCUT2D eigenvalue weighted by molar-refractivity contribution is -0.122. The van der Waals surface area contributed by atoms with Crippen molar-refractivity contribution >= 4 is 23.3 Å². The third kappa shape index (κ3) is 3.54. The predicted molar refractivity (Wildman–Crippen MR) is 67.4 cm³/mol. The first kappa shape index (κ1) is 13.0. The molecule has 6 nitrogen and oxygen atoms in total. The van der Waals surface area contributed by atoms with Gasteiger partial charge in [-0.3, -0.25) is 4.79 Å². The lowest BCUT2D eigenvalue weighted by Gasteiger charge is -2.24. The molecule has 1 unspecified atom stereocenters. The van der Waals surface area contributed by atoms with E-state index in [1.165, 1.54) is 0 Å². The Morgan fingerprint density at radius 2 is 2.44 bits per heavy atom. The van der Waals surface area contributed by atoms with Crippen molar-refractivity contribution in [3.8, 4) is 0 Å². The molecule has 1 fully saturated rings. The van der Waals surface area contributed by atoms with Crippen LogP contribution in [0.15, 0.2) is 6.07 Å². The maximum atomic E-state index is 11.1. The summed E-state index contributed by atoms with van der Waals surface area (Å²) in [5.74, 6) is 1.28. The number of hydrogen-bond donors (Lipinski definition) is 2. The number of anilines is 1. The Morgan fingerprint density at radius 1 is 1.61 bits per heavy atom. The third-order valence-electron chi connectivity index (χ3n) is 2.63. The highest BCUT2D eigenvalue weighted by Crippen LogP contribution is 2.15. The molecule has 1 saturated heterocycles. The molecule has 1 aliphatic heterocycles. The first-order chi connectivity index (χ1) is 8.67. The summed E-state index contributed by atoms with van der Waals surface area (Å²) >= 11 is 5.91. The van der Waals surface area contributed by atoms with Gasteiger partial charge in [-0.1, -0.05) is 11.6 Å². The Morgan fingerprint density at radius 3 is 3.11 bits per heavy atom. The topological polar surface area (TPSA) is 76.1 Å². The Balaban J connectivity index is 2.02. The minimum absolute atomic E-state index is 0.0915. The van der Waals surface area contributed by atoms with Crippen molar-refractivity contribution < 1.29 is 9.53 Å². The molecule has 1 aromatic rings. The van der Waals surface area contributed by atoms with E-state index in [0.29, 0.717) is 36.4 Å². The van der Waals surface area contributed by atoms with Crippen LogP contribution in [0, 0.1) is 0 Å². The molecule has 1 aliphatic rings. The molecule has 0 aliphatic carbocycles. The lowest BCUT2D eigenvalue weighted by atomic mass is 10.1. The van der Waals surface area contributed by atoms with Gasteiger partial charge in [-0.2, -0.15) is 0 Å². The highest BCUT2D eigenvalue weighted by Gasteiger charge is 2.18. The number of hydrogen-bond acceptors (Lipinski definition) is 5. The zero-order valence-corrected chi connectivity index (χ0v) is 10.8. The highest BCUT2D eigenvalue weighted by molar-refractivity contribution is 6.29. The molecule has 7 heteroatoms. The second kappa shape index (κ2) is 5.97. The lowest BCUT2D eigenvalue weighted by Crippen LogP contribution is -2.42. The number of carbonyl (C=O) groups is 1. The van der Waals surface area contributed by atoms with Crippen LogP contribution in [0.1, 0.15) is 18.7 Å². The Hall–Kier alpha value is -1.40. The first-order valence-electron chi connectivity index (χ1n) is 5.73. The zero-order valence-electron chi connectivity index (χ0n) is 10.1. The molecule has 2 heterocycles. The molecule has 1 atom stereocenters. The number of carbonyl (C=O) groups excluding carboxylic acids is 1. The van der Waals surface area contributed by atoms with Crippen LogP contribution in [-0.4, -0.2) is 35.6 Å². The molecule has 0 aromatic carbocycles. The predicted octanol–water partition coefficient (Wildman–Crippen LogP) is 0.967. The molecule has 0 radical (unpaired) electrons. The summed E-state index contributed by atoms with van der Waals surface area (Å²) in [6.45, 7) is 0.913. The molecule has 0 saturated carbocycles. The standard InChI is InChI=1S/C11H15ClN4O2/c1-18-6-10-15-8(12)4-9(16-10)14-7-2-3-11(17)13-5-7/h4,7H,2-3,5-6H2,1H3,(H,13,17)(H,14,15,16). The smallest absolute Gasteiger partial charge is 0.220 e. The van der Waals surface area contributed by atoms with Gasteiger partial charge in [0, 0.05) is 32.2 Å². The van der Waals surface area contributed by atoms with Gasteiger partial charge in [-0.25, -0.2) is 9.97 Å². The summed E-state index contributed by atoms with van der Waals surface area (Å²) in [4.78, 5) is 19.4. The molecular formula is C11H15ClN4O2. The average Bonchev–Trinajstić information content (AvgIpc) is 2.32. The van der Waals surface area contributed by atoms with Crippen LogP contribution in [0.25, 0.3) is 0 Å². The first-order valence-corrected chi connectivity index (χ1v) is 6.11. The number of nitrogens with zero attached hydrogens (tertiary/aromatic N) is 2. The molecule has 1 aromatic heterocycles. The largest absolute Gasteiger partial charge is 0.377 e. The van der Waals surface area contributed by atoms with Crippen LogP contribution >= 0.6 is 11.6 Å². The molecule has 2 rings (SSSR count). The molecule has 1 amide bonds. The van der Waals surface area contributed by atoms with Gasteiger partial charge < -0.3 is 15.4 Å². The Kier molecular flexibility index (Phi) is 4.33. The van der Waals surface area contributed by atoms with E-state index in [1.54, 1.807) is 13.2 Å². The van der Waals surface area contributed by atoms with E-state index in [-0.39, 0.29) is 11.9 Å². The number of rotatable bonds is 4. The molecule has 18 heavy (non-hydrogen) atoms. The highest BCUT2D eigenvalue weighted by atomic mass is 35.5. The van der Waals surface area contributed by atoms with Crippen LogP contribution in [-0.2, 0) is 16.1 Å². The van der Waals surface area contributed by atoms with Crippen molar-refractivity contribution in [2.24, 2.45) is 0 Å². The average molecular weight is 271 g/mol. The maximum absolute atomic E-state index is 11.1. The van der Waals surface area contributed by atoms with Gasteiger partial charge in [0.1, 0.15) is 17.6 Å². The van der Waals surface area contributed by atoms with Crippen LogP contribution in [0.5, 0.6) is 0 Å². The summed E-state index contributed by atoms with van der Waals surface area (Å²) in [5.41, 5.74) is 0. The van der Waals surface area contributed by atoms with Gasteiger partial charge in [-0.15, -0.1) is 0 Å². The summed E-state index contributed by atoms with van der Waals surface area (Å²) in [6.07, 6.45) is 1.31. The van der Waals surface area contributed by atoms with Gasteiger partial charge in [-0.05, 0) is 6.42 Å². The van der Waals surface area contributed by atoms with E-state index >= 15 is 0 Å². The number of aromatic nitrogens is 2. The second-order valence-corrected chi connectivity index (χ2v) is 4.50. The molecule has 98 valence electrons. The van der Waals surface area contributed by atoms with E-state index < -0.39 is 0 Å². The van der Waals surface area contributed by atoms with Crippen molar-refractivity contribution in [3.63, 3.8) is 0 Å². The summed E-state index contributed by atoms with van der Waals surface area (Å²) in [6, 6.07) is 1.83. The fourth-order valence-corrected chi connectivity index (χ4v) is 2.00. The zero-order chi connectivity index (χ0) is 13.0. The summed E-state index contributed by atoms with van der Waals surface area (Å²) in [5, 5.41) is 6.41. The maximum Gasteiger partial charge on any atom is 0.220 e. The summed E-state index contributed by atoms with van der Waals surface area (Å²) < 4.78 is 4.97. The van der Waals surface area contributed by atoms with Gasteiger partial charge in [0.05, 0.1) is 0 Å². The minimum Gasteiger partial charge on any atom is -0.377 e. The van der Waals surface area contributed by atoms with E-state index in [0.717, 1.165) is 6.42 Å². The Labute approximate surface area is 110 Å². The van der Waals surface area contributed by atoms with Crippen LogP contribution < -0.4 is 10.6 Å². The molecule has 0 spiro atoms. The van der Waals surface area contributed by atoms with Crippen LogP contribution in [0.2, 0.25) is 5.15 Å². The van der Waals surface area contributed by atoms with Crippen molar-refractivity contribution in [2.45, 2.75) is 25.5 Å². The molecule has 0 bridgehead atoms. The summed E-state index contributed by atoms with van der Waals surface area (Å²) in [7, 11) is 1.58. The van der Waals surface area contributed by atoms with Gasteiger partial charge in [0.25, 0.3) is 0 Å². The third-order valence-corrected chi connectivity index (χ3v) is 2.83. The quantitative estimate of drug-likeness (QED) is 0.797. The van der Waals surface area contributed by atoms with E-state index in [9.17, 15) is 4.79 Å². The van der Waals surface area contributed by atoms with Crippen molar-refractivity contribution in [1.82, 2.24) is 15.3 Å². The van der Waals surface area contributed by atoms with E-state index in [4.69, 9.17) is 16.3 Å². The number of nitrogens with one attached hydrogen (secondary N) is 2. The number of piperidine rings is 1. The number of halogens is 1. The van der Waals surface area contributed by atoms with E-state index in [2.05, 4.69) is 20.6 Å². The van der Waals surface area contributed by atoms with Crippen LogP contribution in [0.3, 0.4) is 0 Å². The van der Waals surface area contributed by atoms with Gasteiger partial charge in [0.15, 0.2) is 5.82 Å².